The molecule has 0 saturated heterocycles. The highest BCUT2D eigenvalue weighted by molar-refractivity contribution is 5.95. The third-order valence-corrected chi connectivity index (χ3v) is 3.44. The minimum absolute atomic E-state index is 0.0662. The van der Waals surface area contributed by atoms with Crippen LogP contribution in [-0.2, 0) is 17.6 Å². The number of aromatic nitrogens is 1. The molecule has 0 unspecified atom stereocenters. The summed E-state index contributed by atoms with van der Waals surface area (Å²) >= 11 is 0. The van der Waals surface area contributed by atoms with E-state index in [9.17, 15) is 4.79 Å². The molecule has 0 spiro atoms. The van der Waals surface area contributed by atoms with Crippen molar-refractivity contribution < 1.29 is 9.21 Å². The van der Waals surface area contributed by atoms with Crippen LogP contribution in [0.4, 0.5) is 5.69 Å². The van der Waals surface area contributed by atoms with Gasteiger partial charge in [0.25, 0.3) is 0 Å². The normalized spacial score (nSPS) is 10.7. The van der Waals surface area contributed by atoms with Crippen LogP contribution in [0.5, 0.6) is 0 Å². The van der Waals surface area contributed by atoms with Gasteiger partial charge in [-0.3, -0.25) is 9.78 Å². The Morgan fingerprint density at radius 1 is 1.24 bits per heavy atom. The van der Waals surface area contributed by atoms with Gasteiger partial charge in [0.2, 0.25) is 5.91 Å². The van der Waals surface area contributed by atoms with Gasteiger partial charge in [0, 0.05) is 29.0 Å². The lowest BCUT2D eigenvalue weighted by atomic mass is 10.1. The number of pyridine rings is 1. The maximum Gasteiger partial charge on any atom is 0.228 e. The Balaban J connectivity index is 1.77. The number of fused-ring (bicyclic) bond motifs is 1. The van der Waals surface area contributed by atoms with E-state index in [0.717, 1.165) is 28.6 Å². The molecule has 2 aromatic heterocycles. The number of carbonyl (C=O) groups excluding carboxylic acids is 1. The Morgan fingerprint density at radius 2 is 2.05 bits per heavy atom. The van der Waals surface area contributed by atoms with Gasteiger partial charge in [-0.2, -0.15) is 0 Å². The fourth-order valence-electron chi connectivity index (χ4n) is 2.30. The standard InChI is InChI=1S/C17H16N2O2/c1-2-12-3-4-15-13(11-21-16(15)9-12)10-17(20)19-14-5-7-18-8-6-14/h3-9,11H,2,10H2,1H3,(H,18,19,20). The fraction of sp³-hybridized carbons (Fsp3) is 0.176. The zero-order chi connectivity index (χ0) is 14.7. The summed E-state index contributed by atoms with van der Waals surface area (Å²) in [6.07, 6.45) is 6.22. The van der Waals surface area contributed by atoms with Crippen LogP contribution in [-0.4, -0.2) is 10.9 Å². The second kappa shape index (κ2) is 5.79. The van der Waals surface area contributed by atoms with E-state index < -0.39 is 0 Å². The number of benzene rings is 1. The molecule has 0 atom stereocenters. The average molecular weight is 280 g/mol. The van der Waals surface area contributed by atoms with Gasteiger partial charge in [0.15, 0.2) is 0 Å². The van der Waals surface area contributed by atoms with Crippen LogP contribution in [0.3, 0.4) is 0 Å². The number of anilines is 1. The smallest absolute Gasteiger partial charge is 0.228 e. The number of carbonyl (C=O) groups is 1. The summed E-state index contributed by atoms with van der Waals surface area (Å²) in [5.74, 6) is -0.0662. The maximum absolute atomic E-state index is 12.1. The second-order valence-corrected chi connectivity index (χ2v) is 4.91. The Bertz CT molecular complexity index is 763. The van der Waals surface area contributed by atoms with Gasteiger partial charge in [-0.05, 0) is 30.2 Å². The van der Waals surface area contributed by atoms with Gasteiger partial charge < -0.3 is 9.73 Å². The molecule has 4 heteroatoms. The molecule has 0 saturated carbocycles. The average Bonchev–Trinajstić information content (AvgIpc) is 2.90. The van der Waals surface area contributed by atoms with E-state index in [4.69, 9.17) is 4.42 Å². The van der Waals surface area contributed by atoms with Gasteiger partial charge in [-0.25, -0.2) is 0 Å². The van der Waals surface area contributed by atoms with Crippen molar-refractivity contribution in [3.05, 3.63) is 60.1 Å². The topological polar surface area (TPSA) is 55.1 Å². The first kappa shape index (κ1) is 13.4. The molecule has 1 N–H and O–H groups in total. The van der Waals surface area contributed by atoms with Crippen LogP contribution in [0.1, 0.15) is 18.1 Å². The Hall–Kier alpha value is -2.62. The number of furan rings is 1. The molecule has 0 aliphatic rings. The SMILES string of the molecule is CCc1ccc2c(CC(=O)Nc3ccncc3)coc2c1. The number of nitrogens with one attached hydrogen (secondary N) is 1. The molecule has 0 fully saturated rings. The molecule has 21 heavy (non-hydrogen) atoms. The molecule has 4 nitrogen and oxygen atoms in total. The van der Waals surface area contributed by atoms with Crippen molar-refractivity contribution >= 4 is 22.6 Å². The molecule has 106 valence electrons. The summed E-state index contributed by atoms with van der Waals surface area (Å²) in [5, 5.41) is 3.84. The lowest BCUT2D eigenvalue weighted by molar-refractivity contribution is -0.115. The first-order valence-corrected chi connectivity index (χ1v) is 6.95. The molecule has 0 aliphatic heterocycles. The van der Waals surface area contributed by atoms with Crippen molar-refractivity contribution in [3.63, 3.8) is 0 Å². The summed E-state index contributed by atoms with van der Waals surface area (Å²) in [7, 11) is 0. The van der Waals surface area contributed by atoms with E-state index in [1.807, 2.05) is 12.1 Å². The van der Waals surface area contributed by atoms with Crippen molar-refractivity contribution in [2.75, 3.05) is 5.32 Å². The van der Waals surface area contributed by atoms with Gasteiger partial charge in [0.05, 0.1) is 12.7 Å². The molecule has 0 radical (unpaired) electrons. The summed E-state index contributed by atoms with van der Waals surface area (Å²) in [6.45, 7) is 2.10. The summed E-state index contributed by atoms with van der Waals surface area (Å²) < 4.78 is 5.55. The van der Waals surface area contributed by atoms with Gasteiger partial charge in [-0.15, -0.1) is 0 Å². The second-order valence-electron chi connectivity index (χ2n) is 4.91. The van der Waals surface area contributed by atoms with Crippen molar-refractivity contribution in [2.45, 2.75) is 19.8 Å². The Kier molecular flexibility index (Phi) is 3.69. The van der Waals surface area contributed by atoms with Crippen LogP contribution >= 0.6 is 0 Å². The first-order valence-electron chi connectivity index (χ1n) is 6.95. The number of aryl methyl sites for hydroxylation is 1. The molecule has 1 amide bonds. The van der Waals surface area contributed by atoms with Gasteiger partial charge in [0.1, 0.15) is 5.58 Å². The van der Waals surface area contributed by atoms with Crippen LogP contribution in [0.15, 0.2) is 53.4 Å². The van der Waals surface area contributed by atoms with E-state index in [2.05, 4.69) is 23.3 Å². The fourth-order valence-corrected chi connectivity index (χ4v) is 2.30. The molecule has 3 rings (SSSR count). The summed E-state index contributed by atoms with van der Waals surface area (Å²) in [5.41, 5.74) is 3.71. The van der Waals surface area contributed by atoms with Crippen molar-refractivity contribution in [1.82, 2.24) is 4.98 Å². The van der Waals surface area contributed by atoms with Crippen molar-refractivity contribution in [2.24, 2.45) is 0 Å². The zero-order valence-electron chi connectivity index (χ0n) is 11.8. The molecule has 0 aliphatic carbocycles. The number of amides is 1. The largest absolute Gasteiger partial charge is 0.464 e. The summed E-state index contributed by atoms with van der Waals surface area (Å²) in [4.78, 5) is 16.0. The molecule has 2 heterocycles. The number of nitrogens with zero attached hydrogens (tertiary/aromatic N) is 1. The van der Waals surface area contributed by atoms with E-state index >= 15 is 0 Å². The number of hydrogen-bond acceptors (Lipinski definition) is 3. The van der Waals surface area contributed by atoms with E-state index in [-0.39, 0.29) is 5.91 Å². The molecule has 1 aromatic carbocycles. The lowest BCUT2D eigenvalue weighted by Crippen LogP contribution is -2.14. The number of rotatable bonds is 4. The van der Waals surface area contributed by atoms with Crippen LogP contribution < -0.4 is 5.32 Å². The van der Waals surface area contributed by atoms with Crippen LogP contribution in [0.25, 0.3) is 11.0 Å². The predicted octanol–water partition coefficient (Wildman–Crippen LogP) is 3.57. The highest BCUT2D eigenvalue weighted by Crippen LogP contribution is 2.23. The van der Waals surface area contributed by atoms with E-state index in [0.29, 0.717) is 6.42 Å². The summed E-state index contributed by atoms with van der Waals surface area (Å²) in [6, 6.07) is 9.65. The van der Waals surface area contributed by atoms with Crippen molar-refractivity contribution in [1.29, 1.82) is 0 Å². The zero-order valence-corrected chi connectivity index (χ0v) is 11.8. The van der Waals surface area contributed by atoms with Gasteiger partial charge in [-0.1, -0.05) is 19.1 Å². The molecular formula is C17H16N2O2. The van der Waals surface area contributed by atoms with Crippen LogP contribution in [0.2, 0.25) is 0 Å². The quantitative estimate of drug-likeness (QED) is 0.794. The van der Waals surface area contributed by atoms with Gasteiger partial charge >= 0.3 is 0 Å². The highest BCUT2D eigenvalue weighted by atomic mass is 16.3. The van der Waals surface area contributed by atoms with E-state index in [1.165, 1.54) is 5.56 Å². The predicted molar refractivity (Wildman–Crippen MR) is 82.2 cm³/mol. The van der Waals surface area contributed by atoms with Crippen molar-refractivity contribution in [3.8, 4) is 0 Å². The lowest BCUT2D eigenvalue weighted by Gasteiger charge is -2.03. The monoisotopic (exact) mass is 280 g/mol. The minimum Gasteiger partial charge on any atom is -0.464 e. The molecule has 0 bridgehead atoms. The van der Waals surface area contributed by atoms with E-state index in [1.54, 1.807) is 30.8 Å². The highest BCUT2D eigenvalue weighted by Gasteiger charge is 2.11. The third kappa shape index (κ3) is 2.94. The minimum atomic E-state index is -0.0662. The molecule has 3 aromatic rings. The maximum atomic E-state index is 12.1. The Morgan fingerprint density at radius 3 is 2.81 bits per heavy atom. The first-order chi connectivity index (χ1) is 10.3. The van der Waals surface area contributed by atoms with Crippen LogP contribution in [0, 0.1) is 0 Å². The third-order valence-electron chi connectivity index (χ3n) is 3.44. The molecular weight excluding hydrogens is 264 g/mol. The Labute approximate surface area is 122 Å². The number of hydrogen-bond donors (Lipinski definition) is 1.